The Hall–Kier alpha value is -3.54. The quantitative estimate of drug-likeness (QED) is 0.563. The number of fused-ring (bicyclic) bond motifs is 1. The Balaban J connectivity index is 1.76. The van der Waals surface area contributed by atoms with Gasteiger partial charge in [0.15, 0.2) is 0 Å². The fraction of sp³-hybridized carbons (Fsp3) is 0.143. The normalized spacial score (nSPS) is 10.7. The molecule has 0 radical (unpaired) electrons. The van der Waals surface area contributed by atoms with Crippen LogP contribution in [0, 0.1) is 0 Å². The molecule has 0 aliphatic heterocycles. The predicted molar refractivity (Wildman–Crippen MR) is 105 cm³/mol. The summed E-state index contributed by atoms with van der Waals surface area (Å²) < 4.78 is 12.8. The second kappa shape index (κ2) is 7.37. The summed E-state index contributed by atoms with van der Waals surface area (Å²) in [6.45, 7) is 0.601. The summed E-state index contributed by atoms with van der Waals surface area (Å²) in [6, 6.07) is 17.7. The maximum atomic E-state index is 5.46. The van der Waals surface area contributed by atoms with Crippen molar-refractivity contribution in [1.82, 2.24) is 14.4 Å². The van der Waals surface area contributed by atoms with Crippen molar-refractivity contribution in [3.63, 3.8) is 0 Å². The lowest BCUT2D eigenvalue weighted by Crippen LogP contribution is -2.05. The highest BCUT2D eigenvalue weighted by atomic mass is 16.5. The van der Waals surface area contributed by atoms with Crippen LogP contribution in [0.5, 0.6) is 11.5 Å². The van der Waals surface area contributed by atoms with E-state index in [4.69, 9.17) is 14.5 Å². The third-order valence-electron chi connectivity index (χ3n) is 4.39. The van der Waals surface area contributed by atoms with Gasteiger partial charge in [0.05, 0.1) is 14.2 Å². The first kappa shape index (κ1) is 16.9. The van der Waals surface area contributed by atoms with Gasteiger partial charge in [0.2, 0.25) is 5.78 Å². The molecule has 4 aromatic rings. The van der Waals surface area contributed by atoms with E-state index in [-0.39, 0.29) is 0 Å². The lowest BCUT2D eigenvalue weighted by molar-refractivity contribution is 0.410. The van der Waals surface area contributed by atoms with Gasteiger partial charge in [0.1, 0.15) is 23.0 Å². The molecule has 6 heteroatoms. The van der Waals surface area contributed by atoms with Gasteiger partial charge in [-0.3, -0.25) is 4.40 Å². The van der Waals surface area contributed by atoms with Crippen molar-refractivity contribution in [2.75, 3.05) is 19.5 Å². The maximum absolute atomic E-state index is 5.46. The number of anilines is 1. The Labute approximate surface area is 157 Å². The third kappa shape index (κ3) is 3.29. The van der Waals surface area contributed by atoms with Gasteiger partial charge in [-0.25, -0.2) is 9.97 Å². The highest BCUT2D eigenvalue weighted by molar-refractivity contribution is 5.76. The molecule has 2 heterocycles. The zero-order valence-corrected chi connectivity index (χ0v) is 15.2. The molecule has 0 aliphatic rings. The summed E-state index contributed by atoms with van der Waals surface area (Å²) >= 11 is 0. The van der Waals surface area contributed by atoms with E-state index in [1.807, 2.05) is 65.2 Å². The van der Waals surface area contributed by atoms with Crippen LogP contribution in [0.4, 0.5) is 5.82 Å². The highest BCUT2D eigenvalue weighted by Gasteiger charge is 2.15. The van der Waals surface area contributed by atoms with E-state index in [0.717, 1.165) is 34.1 Å². The van der Waals surface area contributed by atoms with Crippen LogP contribution >= 0.6 is 0 Å². The number of hydrogen-bond acceptors (Lipinski definition) is 5. The number of aromatic nitrogens is 3. The first-order valence-corrected chi connectivity index (χ1v) is 8.63. The molecular formula is C21H20N4O2. The smallest absolute Gasteiger partial charge is 0.235 e. The fourth-order valence-corrected chi connectivity index (χ4v) is 3.06. The van der Waals surface area contributed by atoms with Crippen LogP contribution in [0.1, 0.15) is 5.56 Å². The van der Waals surface area contributed by atoms with E-state index in [0.29, 0.717) is 12.3 Å². The van der Waals surface area contributed by atoms with E-state index in [2.05, 4.69) is 10.3 Å². The summed E-state index contributed by atoms with van der Waals surface area (Å²) in [4.78, 5) is 9.09. The number of imidazole rings is 1. The highest BCUT2D eigenvalue weighted by Crippen LogP contribution is 2.31. The third-order valence-corrected chi connectivity index (χ3v) is 4.39. The van der Waals surface area contributed by atoms with Gasteiger partial charge in [0, 0.05) is 30.1 Å². The number of nitrogens with zero attached hydrogens (tertiary/aromatic N) is 3. The molecule has 1 N–H and O–H groups in total. The lowest BCUT2D eigenvalue weighted by atomic mass is 10.1. The van der Waals surface area contributed by atoms with E-state index in [1.165, 1.54) is 0 Å². The van der Waals surface area contributed by atoms with Crippen LogP contribution < -0.4 is 14.8 Å². The maximum Gasteiger partial charge on any atom is 0.235 e. The minimum atomic E-state index is 0.601. The number of rotatable bonds is 6. The first-order chi connectivity index (χ1) is 13.3. The van der Waals surface area contributed by atoms with Crippen molar-refractivity contribution >= 4 is 11.6 Å². The minimum Gasteiger partial charge on any atom is -0.497 e. The van der Waals surface area contributed by atoms with Crippen molar-refractivity contribution < 1.29 is 9.47 Å². The minimum absolute atomic E-state index is 0.601. The SMILES string of the molecule is COc1cccc(-c2nc3ncccn3c2NCc2ccccc2OC)c1. The molecule has 0 saturated carbocycles. The molecule has 0 amide bonds. The van der Waals surface area contributed by atoms with Gasteiger partial charge in [-0.1, -0.05) is 30.3 Å². The average Bonchev–Trinajstić information content (AvgIpc) is 3.11. The van der Waals surface area contributed by atoms with E-state index >= 15 is 0 Å². The van der Waals surface area contributed by atoms with Gasteiger partial charge in [-0.2, -0.15) is 0 Å². The zero-order chi connectivity index (χ0) is 18.6. The van der Waals surface area contributed by atoms with Gasteiger partial charge in [-0.05, 0) is 24.3 Å². The molecule has 2 aromatic heterocycles. The zero-order valence-electron chi connectivity index (χ0n) is 15.2. The molecular weight excluding hydrogens is 340 g/mol. The van der Waals surface area contributed by atoms with Crippen LogP contribution in [-0.2, 0) is 6.54 Å². The van der Waals surface area contributed by atoms with Gasteiger partial charge in [0.25, 0.3) is 0 Å². The largest absolute Gasteiger partial charge is 0.497 e. The molecule has 2 aromatic carbocycles. The molecule has 0 unspecified atom stereocenters. The van der Waals surface area contributed by atoms with Gasteiger partial charge in [-0.15, -0.1) is 0 Å². The second-order valence-electron chi connectivity index (χ2n) is 6.00. The molecule has 0 aliphatic carbocycles. The predicted octanol–water partition coefficient (Wildman–Crippen LogP) is 4.03. The number of ether oxygens (including phenoxy) is 2. The Bertz CT molecular complexity index is 1070. The molecule has 0 saturated heterocycles. The van der Waals surface area contributed by atoms with Crippen molar-refractivity contribution in [3.05, 3.63) is 72.6 Å². The van der Waals surface area contributed by atoms with Gasteiger partial charge >= 0.3 is 0 Å². The van der Waals surface area contributed by atoms with Crippen molar-refractivity contribution in [3.8, 4) is 22.8 Å². The summed E-state index contributed by atoms with van der Waals surface area (Å²) in [5, 5.41) is 3.50. The summed E-state index contributed by atoms with van der Waals surface area (Å²) in [7, 11) is 3.34. The summed E-state index contributed by atoms with van der Waals surface area (Å²) in [5.41, 5.74) is 2.85. The van der Waals surface area contributed by atoms with Crippen LogP contribution in [0.3, 0.4) is 0 Å². The topological polar surface area (TPSA) is 60.7 Å². The first-order valence-electron chi connectivity index (χ1n) is 8.63. The fourth-order valence-electron chi connectivity index (χ4n) is 3.06. The van der Waals surface area contributed by atoms with Gasteiger partial charge < -0.3 is 14.8 Å². The van der Waals surface area contributed by atoms with E-state index in [1.54, 1.807) is 20.4 Å². The summed E-state index contributed by atoms with van der Waals surface area (Å²) in [6.07, 6.45) is 3.69. The van der Waals surface area contributed by atoms with Crippen LogP contribution in [0.15, 0.2) is 67.0 Å². The molecule has 136 valence electrons. The number of hydrogen-bond donors (Lipinski definition) is 1. The molecule has 0 fully saturated rings. The molecule has 0 atom stereocenters. The number of benzene rings is 2. The molecule has 6 nitrogen and oxygen atoms in total. The number of methoxy groups -OCH3 is 2. The molecule has 27 heavy (non-hydrogen) atoms. The summed E-state index contributed by atoms with van der Waals surface area (Å²) in [5.74, 6) is 3.14. The van der Waals surface area contributed by atoms with Crippen molar-refractivity contribution in [2.24, 2.45) is 0 Å². The Morgan fingerprint density at radius 3 is 2.74 bits per heavy atom. The standard InChI is InChI=1S/C21H20N4O2/c1-26-17-9-5-8-15(13-17)19-20(25-12-6-11-22-21(25)24-19)23-14-16-7-3-4-10-18(16)27-2/h3-13,23H,14H2,1-2H3. The van der Waals surface area contributed by atoms with Crippen LogP contribution in [-0.4, -0.2) is 28.6 Å². The Morgan fingerprint density at radius 1 is 1.00 bits per heavy atom. The van der Waals surface area contributed by atoms with E-state index < -0.39 is 0 Å². The second-order valence-corrected chi connectivity index (χ2v) is 6.00. The van der Waals surface area contributed by atoms with Crippen molar-refractivity contribution in [1.29, 1.82) is 0 Å². The number of nitrogens with one attached hydrogen (secondary N) is 1. The molecule has 0 bridgehead atoms. The lowest BCUT2D eigenvalue weighted by Gasteiger charge is -2.12. The van der Waals surface area contributed by atoms with E-state index in [9.17, 15) is 0 Å². The Morgan fingerprint density at radius 2 is 1.89 bits per heavy atom. The monoisotopic (exact) mass is 360 g/mol. The number of para-hydroxylation sites is 1. The van der Waals surface area contributed by atoms with Crippen LogP contribution in [0.25, 0.3) is 17.0 Å². The van der Waals surface area contributed by atoms with Crippen LogP contribution in [0.2, 0.25) is 0 Å². The Kier molecular flexibility index (Phi) is 4.61. The van der Waals surface area contributed by atoms with Crippen molar-refractivity contribution in [2.45, 2.75) is 6.54 Å². The molecule has 4 rings (SSSR count). The molecule has 0 spiro atoms. The average molecular weight is 360 g/mol.